The second-order valence-electron chi connectivity index (χ2n) is 5.31. The fourth-order valence-electron chi connectivity index (χ4n) is 2.18. The molecule has 112 valence electrons. The molecular weight excluding hydrogens is 280 g/mol. The average Bonchev–Trinajstić information content (AvgIpc) is 2.92. The molecule has 2 aromatic rings. The third-order valence-electron chi connectivity index (χ3n) is 3.47. The Hall–Kier alpha value is -1.65. The fraction of sp³-hybridized carbons (Fsp3) is 0.353. The van der Waals surface area contributed by atoms with Crippen LogP contribution in [0.1, 0.15) is 34.7 Å². The first-order valence-corrected chi connectivity index (χ1v) is 8.04. The van der Waals surface area contributed by atoms with Gasteiger partial charge in [0.2, 0.25) is 5.91 Å². The maximum Gasteiger partial charge on any atom is 0.237 e. The van der Waals surface area contributed by atoms with E-state index in [1.165, 1.54) is 10.4 Å². The van der Waals surface area contributed by atoms with Gasteiger partial charge in [0.15, 0.2) is 0 Å². The van der Waals surface area contributed by atoms with Crippen LogP contribution >= 0.6 is 11.3 Å². The van der Waals surface area contributed by atoms with Crippen LogP contribution in [0.2, 0.25) is 0 Å². The Balaban J connectivity index is 1.82. The van der Waals surface area contributed by atoms with Gasteiger partial charge in [0.25, 0.3) is 0 Å². The van der Waals surface area contributed by atoms with E-state index in [0.717, 1.165) is 11.3 Å². The van der Waals surface area contributed by atoms with E-state index in [9.17, 15) is 4.79 Å². The molecule has 0 bridgehead atoms. The molecular formula is C17H22N2OS. The normalized spacial score (nSPS) is 13.7. The van der Waals surface area contributed by atoms with Gasteiger partial charge in [-0.15, -0.1) is 11.3 Å². The molecule has 1 amide bonds. The van der Waals surface area contributed by atoms with Gasteiger partial charge in [-0.25, -0.2) is 0 Å². The summed E-state index contributed by atoms with van der Waals surface area (Å²) in [4.78, 5) is 14.5. The first-order chi connectivity index (χ1) is 10.1. The summed E-state index contributed by atoms with van der Waals surface area (Å²) in [5.74, 6) is -0.0792. The van der Waals surface area contributed by atoms with Gasteiger partial charge < -0.3 is 11.1 Å². The number of nitrogens with one attached hydrogen (secondary N) is 1. The molecule has 1 aromatic carbocycles. The molecule has 0 fully saturated rings. The van der Waals surface area contributed by atoms with E-state index in [1.807, 2.05) is 25.1 Å². The minimum absolute atomic E-state index is 0.0129. The largest absolute Gasteiger partial charge is 0.347 e. The lowest BCUT2D eigenvalue weighted by atomic mass is 10.1. The van der Waals surface area contributed by atoms with Gasteiger partial charge in [-0.2, -0.15) is 0 Å². The standard InChI is InChI=1S/C17H22N2OS/c1-12-8-11-16(21-12)13(2)19-17(20)15(18)10-9-14-6-4-3-5-7-14/h3-8,11,13,15H,9-10,18H2,1-2H3,(H,19,20). The molecule has 3 nitrogen and oxygen atoms in total. The zero-order valence-electron chi connectivity index (χ0n) is 12.5. The van der Waals surface area contributed by atoms with Crippen molar-refractivity contribution in [3.05, 3.63) is 57.8 Å². The number of nitrogens with two attached hydrogens (primary N) is 1. The van der Waals surface area contributed by atoms with Crippen molar-refractivity contribution in [1.29, 1.82) is 0 Å². The van der Waals surface area contributed by atoms with E-state index in [4.69, 9.17) is 5.73 Å². The molecule has 21 heavy (non-hydrogen) atoms. The highest BCUT2D eigenvalue weighted by Crippen LogP contribution is 2.22. The first-order valence-electron chi connectivity index (χ1n) is 7.22. The third-order valence-corrected chi connectivity index (χ3v) is 4.65. The van der Waals surface area contributed by atoms with Gasteiger partial charge in [-0.05, 0) is 44.4 Å². The smallest absolute Gasteiger partial charge is 0.237 e. The summed E-state index contributed by atoms with van der Waals surface area (Å²) in [5.41, 5.74) is 7.20. The summed E-state index contributed by atoms with van der Waals surface area (Å²) in [6.45, 7) is 4.06. The van der Waals surface area contributed by atoms with Crippen molar-refractivity contribution < 1.29 is 4.79 Å². The van der Waals surface area contributed by atoms with E-state index in [0.29, 0.717) is 6.42 Å². The lowest BCUT2D eigenvalue weighted by Gasteiger charge is -2.16. The summed E-state index contributed by atoms with van der Waals surface area (Å²) < 4.78 is 0. The number of carbonyl (C=O) groups excluding carboxylic acids is 1. The predicted molar refractivity (Wildman–Crippen MR) is 88.4 cm³/mol. The minimum atomic E-state index is -0.464. The van der Waals surface area contributed by atoms with Gasteiger partial charge >= 0.3 is 0 Å². The highest BCUT2D eigenvalue weighted by molar-refractivity contribution is 7.12. The van der Waals surface area contributed by atoms with Crippen LogP contribution in [0.15, 0.2) is 42.5 Å². The number of benzene rings is 1. The lowest BCUT2D eigenvalue weighted by molar-refractivity contribution is -0.123. The average molecular weight is 302 g/mol. The SMILES string of the molecule is Cc1ccc(C(C)NC(=O)C(N)CCc2ccccc2)s1. The zero-order chi connectivity index (χ0) is 15.2. The monoisotopic (exact) mass is 302 g/mol. The zero-order valence-corrected chi connectivity index (χ0v) is 13.3. The molecule has 0 saturated heterocycles. The first kappa shape index (κ1) is 15.7. The van der Waals surface area contributed by atoms with Crippen LogP contribution in [0.5, 0.6) is 0 Å². The summed E-state index contributed by atoms with van der Waals surface area (Å²) in [7, 11) is 0. The van der Waals surface area contributed by atoms with Crippen LogP contribution in [0, 0.1) is 6.92 Å². The Morgan fingerprint density at radius 3 is 2.57 bits per heavy atom. The summed E-state index contributed by atoms with van der Waals surface area (Å²) in [6, 6.07) is 13.8. The Kier molecular flexibility index (Phi) is 5.53. The molecule has 2 rings (SSSR count). The van der Waals surface area contributed by atoms with Crippen LogP contribution in [-0.2, 0) is 11.2 Å². The molecule has 2 unspecified atom stereocenters. The number of carbonyl (C=O) groups is 1. The fourth-order valence-corrected chi connectivity index (χ4v) is 3.06. The van der Waals surface area contributed by atoms with Crippen LogP contribution in [0.4, 0.5) is 0 Å². The minimum Gasteiger partial charge on any atom is -0.347 e. The van der Waals surface area contributed by atoms with E-state index >= 15 is 0 Å². The highest BCUT2D eigenvalue weighted by Gasteiger charge is 2.17. The molecule has 0 saturated carbocycles. The molecule has 0 aliphatic heterocycles. The van der Waals surface area contributed by atoms with Crippen molar-refractivity contribution >= 4 is 17.2 Å². The molecule has 1 heterocycles. The van der Waals surface area contributed by atoms with Crippen LogP contribution in [0.3, 0.4) is 0 Å². The van der Waals surface area contributed by atoms with E-state index in [-0.39, 0.29) is 11.9 Å². The summed E-state index contributed by atoms with van der Waals surface area (Å²) >= 11 is 1.70. The molecule has 3 N–H and O–H groups in total. The number of rotatable bonds is 6. The number of thiophene rings is 1. The van der Waals surface area contributed by atoms with Gasteiger partial charge in [0, 0.05) is 9.75 Å². The number of amides is 1. The second kappa shape index (κ2) is 7.38. The number of aryl methyl sites for hydroxylation is 2. The van der Waals surface area contributed by atoms with Gasteiger partial charge in [-0.1, -0.05) is 30.3 Å². The van der Waals surface area contributed by atoms with Crippen molar-refractivity contribution in [3.8, 4) is 0 Å². The van der Waals surface area contributed by atoms with E-state index in [1.54, 1.807) is 11.3 Å². The number of hydrogen-bond acceptors (Lipinski definition) is 3. The Labute approximate surface area is 130 Å². The Bertz CT molecular complexity index is 579. The highest BCUT2D eigenvalue weighted by atomic mass is 32.1. The summed E-state index contributed by atoms with van der Waals surface area (Å²) in [6.07, 6.45) is 1.48. The van der Waals surface area contributed by atoms with E-state index < -0.39 is 6.04 Å². The second-order valence-corrected chi connectivity index (χ2v) is 6.63. The van der Waals surface area contributed by atoms with Crippen molar-refractivity contribution in [2.45, 2.75) is 38.8 Å². The van der Waals surface area contributed by atoms with Gasteiger partial charge in [-0.3, -0.25) is 4.79 Å². The molecule has 0 spiro atoms. The molecule has 0 radical (unpaired) electrons. The number of hydrogen-bond donors (Lipinski definition) is 2. The van der Waals surface area contributed by atoms with Crippen LogP contribution < -0.4 is 11.1 Å². The molecule has 2 atom stereocenters. The van der Waals surface area contributed by atoms with Crippen molar-refractivity contribution in [3.63, 3.8) is 0 Å². The molecule has 0 aliphatic rings. The lowest BCUT2D eigenvalue weighted by Crippen LogP contribution is -2.41. The quantitative estimate of drug-likeness (QED) is 0.861. The maximum absolute atomic E-state index is 12.1. The Morgan fingerprint density at radius 1 is 1.24 bits per heavy atom. The van der Waals surface area contributed by atoms with Crippen LogP contribution in [0.25, 0.3) is 0 Å². The maximum atomic E-state index is 12.1. The van der Waals surface area contributed by atoms with Crippen molar-refractivity contribution in [2.24, 2.45) is 5.73 Å². The predicted octanol–water partition coefficient (Wildman–Crippen LogP) is 3.19. The van der Waals surface area contributed by atoms with Crippen LogP contribution in [-0.4, -0.2) is 11.9 Å². The van der Waals surface area contributed by atoms with Gasteiger partial charge in [0.05, 0.1) is 12.1 Å². The molecule has 1 aromatic heterocycles. The third kappa shape index (κ3) is 4.69. The summed E-state index contributed by atoms with van der Waals surface area (Å²) in [5, 5.41) is 2.99. The van der Waals surface area contributed by atoms with E-state index in [2.05, 4.69) is 36.5 Å². The van der Waals surface area contributed by atoms with Gasteiger partial charge in [0.1, 0.15) is 0 Å². The molecule has 4 heteroatoms. The van der Waals surface area contributed by atoms with Crippen molar-refractivity contribution in [1.82, 2.24) is 5.32 Å². The topological polar surface area (TPSA) is 55.1 Å². The van der Waals surface area contributed by atoms with Crippen molar-refractivity contribution in [2.75, 3.05) is 0 Å². The Morgan fingerprint density at radius 2 is 1.95 bits per heavy atom. The molecule has 0 aliphatic carbocycles.